The number of amides is 1. The highest BCUT2D eigenvalue weighted by Gasteiger charge is 2.28. The van der Waals surface area contributed by atoms with Gasteiger partial charge in [0.05, 0.1) is 4.90 Å². The summed E-state index contributed by atoms with van der Waals surface area (Å²) in [6, 6.07) is 6.51. The van der Waals surface area contributed by atoms with E-state index in [1.54, 1.807) is 23.1 Å². The van der Waals surface area contributed by atoms with Crippen LogP contribution >= 0.6 is 0 Å². The molecule has 1 saturated carbocycles. The largest absolute Gasteiger partial charge is 0.341 e. The van der Waals surface area contributed by atoms with Crippen molar-refractivity contribution in [1.29, 1.82) is 0 Å². The van der Waals surface area contributed by atoms with Crippen molar-refractivity contribution in [3.8, 4) is 0 Å². The third-order valence-corrected chi connectivity index (χ3v) is 7.28. The van der Waals surface area contributed by atoms with E-state index in [1.807, 2.05) is 7.05 Å². The van der Waals surface area contributed by atoms with Crippen LogP contribution in [0.25, 0.3) is 0 Å². The smallest absolute Gasteiger partial charge is 0.253 e. The molecular weight excluding hydrogens is 336 g/mol. The van der Waals surface area contributed by atoms with Crippen LogP contribution in [0.15, 0.2) is 29.2 Å². The molecule has 3 rings (SSSR count). The predicted molar refractivity (Wildman–Crippen MR) is 98.0 cm³/mol. The first kappa shape index (κ1) is 18.4. The fourth-order valence-corrected chi connectivity index (χ4v) is 5.49. The topological polar surface area (TPSA) is 57.7 Å². The van der Waals surface area contributed by atoms with Gasteiger partial charge < -0.3 is 4.90 Å². The van der Waals surface area contributed by atoms with E-state index in [0.717, 1.165) is 19.4 Å². The number of benzene rings is 1. The molecule has 2 aliphatic rings. The minimum atomic E-state index is -3.49. The van der Waals surface area contributed by atoms with Gasteiger partial charge in [-0.05, 0) is 49.8 Å². The second kappa shape index (κ2) is 7.87. The Morgan fingerprint density at radius 2 is 1.80 bits per heavy atom. The van der Waals surface area contributed by atoms with Crippen molar-refractivity contribution in [2.75, 3.05) is 26.7 Å². The molecule has 0 spiro atoms. The summed E-state index contributed by atoms with van der Waals surface area (Å²) in [5.74, 6) is 0.475. The summed E-state index contributed by atoms with van der Waals surface area (Å²) in [6.45, 7) is 1.89. The predicted octanol–water partition coefficient (Wildman–Crippen LogP) is 3.12. The fraction of sp³-hybridized carbons (Fsp3) is 0.632. The lowest BCUT2D eigenvalue weighted by atomic mass is 9.89. The van der Waals surface area contributed by atoms with E-state index in [-0.39, 0.29) is 10.8 Å². The molecule has 0 unspecified atom stereocenters. The van der Waals surface area contributed by atoms with Gasteiger partial charge in [0.25, 0.3) is 5.91 Å². The molecule has 1 aromatic carbocycles. The van der Waals surface area contributed by atoms with E-state index in [0.29, 0.717) is 24.6 Å². The molecule has 1 aromatic rings. The molecule has 25 heavy (non-hydrogen) atoms. The summed E-state index contributed by atoms with van der Waals surface area (Å²) >= 11 is 0. The number of hydrogen-bond acceptors (Lipinski definition) is 3. The van der Waals surface area contributed by atoms with Gasteiger partial charge in [-0.1, -0.05) is 25.3 Å². The van der Waals surface area contributed by atoms with Crippen molar-refractivity contribution < 1.29 is 13.2 Å². The first-order valence-corrected chi connectivity index (χ1v) is 10.8. The molecule has 138 valence electrons. The summed E-state index contributed by atoms with van der Waals surface area (Å²) in [7, 11) is -1.67. The average Bonchev–Trinajstić information content (AvgIpc) is 3.17. The average molecular weight is 365 g/mol. The Balaban J connectivity index is 1.72. The van der Waals surface area contributed by atoms with E-state index < -0.39 is 10.0 Å². The van der Waals surface area contributed by atoms with Crippen LogP contribution in [0.4, 0.5) is 0 Å². The van der Waals surface area contributed by atoms with Crippen LogP contribution in [-0.2, 0) is 10.0 Å². The van der Waals surface area contributed by atoms with Gasteiger partial charge in [0.15, 0.2) is 0 Å². The molecule has 5 nitrogen and oxygen atoms in total. The normalized spacial score (nSPS) is 19.9. The van der Waals surface area contributed by atoms with E-state index in [2.05, 4.69) is 0 Å². The van der Waals surface area contributed by atoms with Gasteiger partial charge in [0.1, 0.15) is 0 Å². The summed E-state index contributed by atoms with van der Waals surface area (Å²) in [5.41, 5.74) is 0.457. The Kier molecular flexibility index (Phi) is 5.79. The number of hydrogen-bond donors (Lipinski definition) is 0. The van der Waals surface area contributed by atoms with Gasteiger partial charge in [-0.25, -0.2) is 8.42 Å². The number of carbonyl (C=O) groups is 1. The standard InChI is InChI=1S/C19H28N2O3S/c1-20(15-16-8-3-2-4-9-16)19(22)17-10-7-11-18(14-17)25(23,24)21-12-5-6-13-21/h7,10-11,14,16H,2-6,8-9,12-13,15H2,1H3. The fourth-order valence-electron chi connectivity index (χ4n) is 3.93. The lowest BCUT2D eigenvalue weighted by molar-refractivity contribution is 0.0760. The Hall–Kier alpha value is -1.40. The van der Waals surface area contributed by atoms with Crippen molar-refractivity contribution in [2.45, 2.75) is 49.8 Å². The highest BCUT2D eigenvalue weighted by Crippen LogP contribution is 2.25. The van der Waals surface area contributed by atoms with Crippen molar-refractivity contribution in [3.05, 3.63) is 29.8 Å². The molecule has 0 bridgehead atoms. The van der Waals surface area contributed by atoms with E-state index in [1.165, 1.54) is 42.5 Å². The maximum absolute atomic E-state index is 12.7. The minimum absolute atomic E-state index is 0.0935. The third kappa shape index (κ3) is 4.23. The molecule has 1 aliphatic heterocycles. The molecule has 0 radical (unpaired) electrons. The molecular formula is C19H28N2O3S. The van der Waals surface area contributed by atoms with Crippen molar-refractivity contribution in [1.82, 2.24) is 9.21 Å². The Morgan fingerprint density at radius 3 is 2.48 bits per heavy atom. The SMILES string of the molecule is CN(CC1CCCCC1)C(=O)c1cccc(S(=O)(=O)N2CCCC2)c1. The van der Waals surface area contributed by atoms with E-state index in [9.17, 15) is 13.2 Å². The quantitative estimate of drug-likeness (QED) is 0.806. The second-order valence-corrected chi connectivity index (χ2v) is 9.27. The maximum Gasteiger partial charge on any atom is 0.253 e. The molecule has 1 amide bonds. The third-order valence-electron chi connectivity index (χ3n) is 5.39. The van der Waals surface area contributed by atoms with Crippen molar-refractivity contribution >= 4 is 15.9 Å². The van der Waals surface area contributed by atoms with Gasteiger partial charge >= 0.3 is 0 Å². The van der Waals surface area contributed by atoms with Crippen LogP contribution in [0.5, 0.6) is 0 Å². The van der Waals surface area contributed by atoms with Crippen LogP contribution in [0.3, 0.4) is 0 Å². The van der Waals surface area contributed by atoms with E-state index >= 15 is 0 Å². The zero-order chi connectivity index (χ0) is 17.9. The van der Waals surface area contributed by atoms with Gasteiger partial charge in [-0.15, -0.1) is 0 Å². The zero-order valence-corrected chi connectivity index (χ0v) is 15.8. The number of carbonyl (C=O) groups excluding carboxylic acids is 1. The highest BCUT2D eigenvalue weighted by atomic mass is 32.2. The first-order valence-electron chi connectivity index (χ1n) is 9.34. The van der Waals surface area contributed by atoms with Crippen LogP contribution in [0, 0.1) is 5.92 Å². The van der Waals surface area contributed by atoms with Gasteiger partial charge in [0, 0.05) is 32.2 Å². The molecule has 0 N–H and O–H groups in total. The summed E-state index contributed by atoms with van der Waals surface area (Å²) in [5, 5.41) is 0. The molecule has 0 aromatic heterocycles. The lowest BCUT2D eigenvalue weighted by Crippen LogP contribution is -2.33. The van der Waals surface area contributed by atoms with Crippen LogP contribution in [-0.4, -0.2) is 50.2 Å². The van der Waals surface area contributed by atoms with Crippen molar-refractivity contribution in [2.24, 2.45) is 5.92 Å². The van der Waals surface area contributed by atoms with Crippen LogP contribution in [0.2, 0.25) is 0 Å². The zero-order valence-electron chi connectivity index (χ0n) is 15.0. The summed E-state index contributed by atoms with van der Waals surface area (Å²) in [6.07, 6.45) is 7.96. The number of nitrogens with zero attached hydrogens (tertiary/aromatic N) is 2. The molecule has 6 heteroatoms. The summed E-state index contributed by atoms with van der Waals surface area (Å²) in [4.78, 5) is 14.7. The van der Waals surface area contributed by atoms with E-state index in [4.69, 9.17) is 0 Å². The minimum Gasteiger partial charge on any atom is -0.341 e. The molecule has 2 fully saturated rings. The summed E-state index contributed by atoms with van der Waals surface area (Å²) < 4.78 is 26.9. The number of sulfonamides is 1. The first-order chi connectivity index (χ1) is 12.0. The Labute approximate surface area is 151 Å². The van der Waals surface area contributed by atoms with Gasteiger partial charge in [0.2, 0.25) is 10.0 Å². The monoisotopic (exact) mass is 364 g/mol. The van der Waals surface area contributed by atoms with Crippen molar-refractivity contribution in [3.63, 3.8) is 0 Å². The number of rotatable bonds is 5. The van der Waals surface area contributed by atoms with Crippen LogP contribution in [0.1, 0.15) is 55.3 Å². The Morgan fingerprint density at radius 1 is 1.12 bits per heavy atom. The maximum atomic E-state index is 12.7. The van der Waals surface area contributed by atoms with Gasteiger partial charge in [-0.2, -0.15) is 4.31 Å². The van der Waals surface area contributed by atoms with Crippen LogP contribution < -0.4 is 0 Å². The highest BCUT2D eigenvalue weighted by molar-refractivity contribution is 7.89. The Bertz CT molecular complexity index is 705. The molecule has 0 atom stereocenters. The molecule has 1 heterocycles. The lowest BCUT2D eigenvalue weighted by Gasteiger charge is -2.27. The second-order valence-electron chi connectivity index (χ2n) is 7.33. The molecule has 1 saturated heterocycles. The van der Waals surface area contributed by atoms with Gasteiger partial charge in [-0.3, -0.25) is 4.79 Å². The molecule has 1 aliphatic carbocycles.